The number of hydrogen-bond donors (Lipinski definition) is 0. The minimum absolute atomic E-state index is 0.0760. The van der Waals surface area contributed by atoms with Gasteiger partial charge in [0.05, 0.1) is 43.6 Å². The highest BCUT2D eigenvalue weighted by atomic mass is 79.9. The number of benzene rings is 3. The second-order valence-electron chi connectivity index (χ2n) is 9.26. The molecule has 0 aliphatic carbocycles. The van der Waals surface area contributed by atoms with Crippen LogP contribution in [0.3, 0.4) is 0 Å². The Bertz CT molecular complexity index is 1540. The van der Waals surface area contributed by atoms with Crippen molar-refractivity contribution >= 4 is 44.8 Å². The van der Waals surface area contributed by atoms with E-state index in [1.807, 2.05) is 60.7 Å². The molecule has 3 heterocycles. The molecule has 6 rings (SSSR count). The maximum Gasteiger partial charge on any atom is 0.256 e. The third-order valence-electron chi connectivity index (χ3n) is 7.03. The van der Waals surface area contributed by atoms with Crippen LogP contribution in [0.1, 0.15) is 38.2 Å². The van der Waals surface area contributed by atoms with Gasteiger partial charge in [0.15, 0.2) is 0 Å². The number of pyridine rings is 1. The Morgan fingerprint density at radius 1 is 1.08 bits per heavy atom. The molecule has 0 atom stereocenters. The predicted octanol–water partition coefficient (Wildman–Crippen LogP) is 5.36. The van der Waals surface area contributed by atoms with E-state index in [1.54, 1.807) is 16.9 Å². The van der Waals surface area contributed by atoms with E-state index in [0.29, 0.717) is 44.1 Å². The first-order valence-electron chi connectivity index (χ1n) is 12.0. The molecule has 0 bridgehead atoms. The molecule has 2 amide bonds. The third-order valence-corrected chi connectivity index (χ3v) is 7.68. The van der Waals surface area contributed by atoms with Gasteiger partial charge in [0, 0.05) is 24.0 Å². The molecule has 4 aromatic rings. The van der Waals surface area contributed by atoms with Crippen molar-refractivity contribution in [2.24, 2.45) is 0 Å². The minimum Gasteiger partial charge on any atom is -0.497 e. The number of nitrogens with zero attached hydrogens (tertiary/aromatic N) is 3. The van der Waals surface area contributed by atoms with E-state index in [9.17, 15) is 9.59 Å². The molecule has 0 spiro atoms. The molecular formula is C29H24BrN3O4. The van der Waals surface area contributed by atoms with Gasteiger partial charge in [0.1, 0.15) is 10.4 Å². The summed E-state index contributed by atoms with van der Waals surface area (Å²) >= 11 is 3.56. The SMILES string of the molecule is COc1ccc(CN2Cc3cccc(N(C=O)Cc4ccc5c6c(c(Br)nc5c4)COC6)c3C2=O)cc1. The zero-order chi connectivity index (χ0) is 25.5. The third kappa shape index (κ3) is 4.26. The van der Waals surface area contributed by atoms with E-state index < -0.39 is 0 Å². The first-order chi connectivity index (χ1) is 18.1. The summed E-state index contributed by atoms with van der Waals surface area (Å²) in [6.45, 7) is 2.44. The lowest BCUT2D eigenvalue weighted by molar-refractivity contribution is -0.107. The molecule has 0 saturated heterocycles. The van der Waals surface area contributed by atoms with Crippen LogP contribution in [0.25, 0.3) is 10.9 Å². The Kier molecular flexibility index (Phi) is 6.14. The van der Waals surface area contributed by atoms with Crippen LogP contribution >= 0.6 is 15.9 Å². The van der Waals surface area contributed by atoms with Gasteiger partial charge in [0.2, 0.25) is 6.41 Å². The summed E-state index contributed by atoms with van der Waals surface area (Å²) in [5.41, 5.74) is 7.15. The predicted molar refractivity (Wildman–Crippen MR) is 143 cm³/mol. The monoisotopic (exact) mass is 557 g/mol. The Morgan fingerprint density at radius 3 is 2.65 bits per heavy atom. The molecule has 2 aliphatic rings. The fourth-order valence-corrected chi connectivity index (χ4v) is 5.69. The van der Waals surface area contributed by atoms with Gasteiger partial charge >= 0.3 is 0 Å². The van der Waals surface area contributed by atoms with Gasteiger partial charge in [0.25, 0.3) is 5.91 Å². The number of fused-ring (bicyclic) bond motifs is 4. The number of amides is 2. The van der Waals surface area contributed by atoms with E-state index in [0.717, 1.165) is 55.5 Å². The van der Waals surface area contributed by atoms with Gasteiger partial charge in [-0.25, -0.2) is 4.98 Å². The molecule has 2 aliphatic heterocycles. The zero-order valence-corrected chi connectivity index (χ0v) is 21.8. The van der Waals surface area contributed by atoms with Crippen LogP contribution in [0.15, 0.2) is 65.3 Å². The number of rotatable bonds is 7. The second kappa shape index (κ2) is 9.61. The van der Waals surface area contributed by atoms with Crippen molar-refractivity contribution in [1.82, 2.24) is 9.88 Å². The van der Waals surface area contributed by atoms with Crippen molar-refractivity contribution in [3.63, 3.8) is 0 Å². The fourth-order valence-electron chi connectivity index (χ4n) is 5.15. The largest absolute Gasteiger partial charge is 0.497 e. The molecule has 0 radical (unpaired) electrons. The Hall–Kier alpha value is -3.75. The van der Waals surface area contributed by atoms with Crippen LogP contribution in [-0.4, -0.2) is 29.3 Å². The summed E-state index contributed by atoms with van der Waals surface area (Å²) in [5.74, 6) is 0.700. The molecule has 1 aromatic heterocycles. The van der Waals surface area contributed by atoms with Crippen LogP contribution in [-0.2, 0) is 42.4 Å². The summed E-state index contributed by atoms with van der Waals surface area (Å²) in [6, 6.07) is 19.4. The number of anilines is 1. The van der Waals surface area contributed by atoms with Crippen LogP contribution < -0.4 is 9.64 Å². The molecule has 0 fully saturated rings. The standard InChI is InChI=1S/C29H24BrN3O4/c1-36-21-8-5-18(6-9-21)12-32-14-20-3-2-4-26(27(20)29(32)35)33(17-34)13-19-7-10-22-23-15-37-16-24(23)28(30)31-25(22)11-19/h2-11,17H,12-16H2,1H3. The van der Waals surface area contributed by atoms with E-state index in [2.05, 4.69) is 15.9 Å². The first-order valence-corrected chi connectivity index (χ1v) is 12.8. The Balaban J connectivity index is 1.27. The van der Waals surface area contributed by atoms with Gasteiger partial charge in [-0.05, 0) is 62.4 Å². The fraction of sp³-hybridized carbons (Fsp3) is 0.207. The molecule has 0 unspecified atom stereocenters. The smallest absolute Gasteiger partial charge is 0.256 e. The van der Waals surface area contributed by atoms with Crippen molar-refractivity contribution in [3.05, 3.63) is 98.6 Å². The van der Waals surface area contributed by atoms with Crippen molar-refractivity contribution < 1.29 is 19.1 Å². The Morgan fingerprint density at radius 2 is 1.86 bits per heavy atom. The lowest BCUT2D eigenvalue weighted by Gasteiger charge is -2.21. The number of hydrogen-bond acceptors (Lipinski definition) is 5. The number of methoxy groups -OCH3 is 1. The second-order valence-corrected chi connectivity index (χ2v) is 10.0. The zero-order valence-electron chi connectivity index (χ0n) is 20.2. The molecule has 8 heteroatoms. The Labute approximate surface area is 222 Å². The molecule has 0 N–H and O–H groups in total. The maximum absolute atomic E-state index is 13.5. The maximum atomic E-state index is 13.5. The van der Waals surface area contributed by atoms with Crippen LogP contribution in [0.4, 0.5) is 5.69 Å². The number of carbonyl (C=O) groups excluding carboxylic acids is 2. The number of aromatic nitrogens is 1. The highest BCUT2D eigenvalue weighted by Crippen LogP contribution is 2.35. The normalized spacial score (nSPS) is 14.1. The first kappa shape index (κ1) is 23.6. The lowest BCUT2D eigenvalue weighted by atomic mass is 10.0. The summed E-state index contributed by atoms with van der Waals surface area (Å²) in [7, 11) is 1.63. The number of carbonyl (C=O) groups is 2. The van der Waals surface area contributed by atoms with E-state index in [4.69, 9.17) is 14.5 Å². The van der Waals surface area contributed by atoms with Crippen LogP contribution in [0.2, 0.25) is 0 Å². The summed E-state index contributed by atoms with van der Waals surface area (Å²) < 4.78 is 11.6. The summed E-state index contributed by atoms with van der Waals surface area (Å²) in [5, 5.41) is 1.06. The quantitative estimate of drug-likeness (QED) is 0.226. The van der Waals surface area contributed by atoms with Crippen molar-refractivity contribution in [2.75, 3.05) is 12.0 Å². The summed E-state index contributed by atoms with van der Waals surface area (Å²) in [4.78, 5) is 33.8. The van der Waals surface area contributed by atoms with Gasteiger partial charge in [-0.2, -0.15) is 0 Å². The van der Waals surface area contributed by atoms with Gasteiger partial charge in [-0.1, -0.05) is 36.4 Å². The van der Waals surface area contributed by atoms with Crippen LogP contribution in [0.5, 0.6) is 5.75 Å². The van der Waals surface area contributed by atoms with Crippen molar-refractivity contribution in [3.8, 4) is 5.75 Å². The van der Waals surface area contributed by atoms with E-state index in [1.165, 1.54) is 0 Å². The lowest BCUT2D eigenvalue weighted by Crippen LogP contribution is -2.26. The van der Waals surface area contributed by atoms with Crippen molar-refractivity contribution in [2.45, 2.75) is 32.8 Å². The molecule has 37 heavy (non-hydrogen) atoms. The highest BCUT2D eigenvalue weighted by Gasteiger charge is 2.31. The van der Waals surface area contributed by atoms with Gasteiger partial charge < -0.3 is 19.3 Å². The number of ether oxygens (including phenoxy) is 2. The number of halogens is 1. The highest BCUT2D eigenvalue weighted by molar-refractivity contribution is 9.10. The molecule has 0 saturated carbocycles. The van der Waals surface area contributed by atoms with Crippen LogP contribution in [0, 0.1) is 0 Å². The molecule has 7 nitrogen and oxygen atoms in total. The molecule has 186 valence electrons. The van der Waals surface area contributed by atoms with Crippen molar-refractivity contribution in [1.29, 1.82) is 0 Å². The van der Waals surface area contributed by atoms with Gasteiger partial charge in [-0.15, -0.1) is 0 Å². The van der Waals surface area contributed by atoms with E-state index in [-0.39, 0.29) is 5.91 Å². The topological polar surface area (TPSA) is 72.0 Å². The molecule has 3 aromatic carbocycles. The average molecular weight is 558 g/mol. The van der Waals surface area contributed by atoms with Gasteiger partial charge in [-0.3, -0.25) is 9.59 Å². The molecular weight excluding hydrogens is 534 g/mol. The van der Waals surface area contributed by atoms with E-state index >= 15 is 0 Å². The summed E-state index contributed by atoms with van der Waals surface area (Å²) in [6.07, 6.45) is 0.791. The minimum atomic E-state index is -0.0760. The average Bonchev–Trinajstić information content (AvgIpc) is 3.53.